The number of aromatic nitrogens is 2. The predicted octanol–water partition coefficient (Wildman–Crippen LogP) is 2.95. The summed E-state index contributed by atoms with van der Waals surface area (Å²) in [6.45, 7) is 3.43. The number of hydrogen-bond acceptors (Lipinski definition) is 5. The third kappa shape index (κ3) is 2.37. The first kappa shape index (κ1) is 13.0. The molecule has 0 bridgehead atoms. The van der Waals surface area contributed by atoms with Crippen molar-refractivity contribution in [3.63, 3.8) is 0 Å². The zero-order chi connectivity index (χ0) is 14.4. The van der Waals surface area contributed by atoms with Crippen molar-refractivity contribution >= 4 is 17.2 Å². The second-order valence-corrected chi connectivity index (χ2v) is 6.85. The number of carbonyl (C=O) groups is 1. The molecule has 21 heavy (non-hydrogen) atoms. The zero-order valence-corrected chi connectivity index (χ0v) is 12.7. The Morgan fingerprint density at radius 1 is 1.38 bits per heavy atom. The van der Waals surface area contributed by atoms with Gasteiger partial charge in [0.15, 0.2) is 5.82 Å². The minimum absolute atomic E-state index is 0.131. The lowest BCUT2D eigenvalue weighted by Gasteiger charge is -2.15. The van der Waals surface area contributed by atoms with E-state index in [1.165, 1.54) is 24.2 Å². The van der Waals surface area contributed by atoms with E-state index in [0.717, 1.165) is 29.2 Å². The Morgan fingerprint density at radius 3 is 2.95 bits per heavy atom. The number of nitrogens with zero attached hydrogens (tertiary/aromatic N) is 3. The van der Waals surface area contributed by atoms with E-state index in [1.807, 2.05) is 23.3 Å². The summed E-state index contributed by atoms with van der Waals surface area (Å²) in [5, 5.41) is 6.04. The maximum Gasteiger partial charge on any atom is 0.264 e. The lowest BCUT2D eigenvalue weighted by Crippen LogP contribution is -2.28. The number of aryl methyl sites for hydroxylation is 1. The summed E-state index contributed by atoms with van der Waals surface area (Å²) in [6.07, 6.45) is 3.25. The fourth-order valence-electron chi connectivity index (χ4n) is 2.80. The molecule has 1 aliphatic carbocycles. The topological polar surface area (TPSA) is 59.2 Å². The standard InChI is InChI=1S/C15H17N3O2S/c1-9-5-7-21-12(9)15(19)18-6-4-11(8-18)14-16-13(17-20-14)10-2-3-10/h5,7,10-11H,2-4,6,8H2,1H3. The van der Waals surface area contributed by atoms with Crippen molar-refractivity contribution in [2.75, 3.05) is 13.1 Å². The van der Waals surface area contributed by atoms with Gasteiger partial charge in [0, 0.05) is 19.0 Å². The highest BCUT2D eigenvalue weighted by Gasteiger charge is 2.34. The van der Waals surface area contributed by atoms with Crippen molar-refractivity contribution in [2.45, 2.75) is 38.0 Å². The lowest BCUT2D eigenvalue weighted by molar-refractivity contribution is 0.0793. The quantitative estimate of drug-likeness (QED) is 0.874. The SMILES string of the molecule is Cc1ccsc1C(=O)N1CCC(c2nc(C3CC3)no2)C1. The number of hydrogen-bond donors (Lipinski definition) is 0. The van der Waals surface area contributed by atoms with Gasteiger partial charge in [-0.25, -0.2) is 0 Å². The van der Waals surface area contributed by atoms with Crippen LogP contribution < -0.4 is 0 Å². The fourth-order valence-corrected chi connectivity index (χ4v) is 3.69. The number of carbonyl (C=O) groups excluding carboxylic acids is 1. The smallest absolute Gasteiger partial charge is 0.264 e. The molecule has 110 valence electrons. The van der Waals surface area contributed by atoms with Crippen LogP contribution in [0.4, 0.5) is 0 Å². The molecule has 1 atom stereocenters. The molecule has 0 spiro atoms. The Kier molecular flexibility index (Phi) is 3.06. The van der Waals surface area contributed by atoms with Crippen LogP contribution in [0.3, 0.4) is 0 Å². The van der Waals surface area contributed by atoms with E-state index in [9.17, 15) is 4.79 Å². The molecule has 0 N–H and O–H groups in total. The van der Waals surface area contributed by atoms with Crippen LogP contribution in [0.2, 0.25) is 0 Å². The van der Waals surface area contributed by atoms with Crippen LogP contribution in [0.15, 0.2) is 16.0 Å². The van der Waals surface area contributed by atoms with Crippen molar-refractivity contribution in [1.82, 2.24) is 15.0 Å². The Balaban J connectivity index is 1.46. The molecule has 4 rings (SSSR count). The first-order chi connectivity index (χ1) is 10.2. The van der Waals surface area contributed by atoms with Gasteiger partial charge in [0.2, 0.25) is 5.89 Å². The molecule has 5 nitrogen and oxygen atoms in total. The Bertz CT molecular complexity index is 674. The third-order valence-electron chi connectivity index (χ3n) is 4.28. The maximum absolute atomic E-state index is 12.5. The molecule has 6 heteroatoms. The van der Waals surface area contributed by atoms with Crippen molar-refractivity contribution in [3.05, 3.63) is 33.6 Å². The van der Waals surface area contributed by atoms with Crippen molar-refractivity contribution in [3.8, 4) is 0 Å². The van der Waals surface area contributed by atoms with Crippen LogP contribution in [0.5, 0.6) is 0 Å². The lowest BCUT2D eigenvalue weighted by atomic mass is 10.1. The summed E-state index contributed by atoms with van der Waals surface area (Å²) in [7, 11) is 0. The van der Waals surface area contributed by atoms with Crippen LogP contribution in [0, 0.1) is 6.92 Å². The van der Waals surface area contributed by atoms with Gasteiger partial charge in [0.25, 0.3) is 5.91 Å². The average molecular weight is 303 g/mol. The molecular weight excluding hydrogens is 286 g/mol. The zero-order valence-electron chi connectivity index (χ0n) is 11.9. The average Bonchev–Trinajstić information content (AvgIpc) is 2.94. The van der Waals surface area contributed by atoms with Crippen LogP contribution in [0.25, 0.3) is 0 Å². The van der Waals surface area contributed by atoms with Crippen LogP contribution in [-0.2, 0) is 0 Å². The van der Waals surface area contributed by atoms with Gasteiger partial charge in [-0.05, 0) is 43.2 Å². The van der Waals surface area contributed by atoms with E-state index >= 15 is 0 Å². The van der Waals surface area contributed by atoms with Gasteiger partial charge in [-0.1, -0.05) is 5.16 Å². The molecule has 2 aliphatic rings. The van der Waals surface area contributed by atoms with Gasteiger partial charge in [-0.15, -0.1) is 11.3 Å². The Hall–Kier alpha value is -1.69. The molecule has 2 aromatic heterocycles. The van der Waals surface area contributed by atoms with Gasteiger partial charge in [0.05, 0.1) is 10.8 Å². The molecule has 0 aromatic carbocycles. The summed E-state index contributed by atoms with van der Waals surface area (Å²) < 4.78 is 5.40. The molecule has 1 saturated carbocycles. The largest absolute Gasteiger partial charge is 0.339 e. The number of rotatable bonds is 3. The first-order valence-corrected chi connectivity index (χ1v) is 8.27. The molecule has 2 fully saturated rings. The third-order valence-corrected chi connectivity index (χ3v) is 5.29. The summed E-state index contributed by atoms with van der Waals surface area (Å²) >= 11 is 1.52. The molecule has 3 heterocycles. The first-order valence-electron chi connectivity index (χ1n) is 7.39. The van der Waals surface area contributed by atoms with Gasteiger partial charge in [-0.2, -0.15) is 4.98 Å². The van der Waals surface area contributed by atoms with E-state index in [1.54, 1.807) is 0 Å². The Morgan fingerprint density at radius 2 is 2.24 bits per heavy atom. The van der Waals surface area contributed by atoms with Gasteiger partial charge >= 0.3 is 0 Å². The normalized spacial score (nSPS) is 22.0. The Labute approximate surface area is 127 Å². The number of likely N-dealkylation sites (tertiary alicyclic amines) is 1. The van der Waals surface area contributed by atoms with Crippen molar-refractivity contribution in [2.24, 2.45) is 0 Å². The predicted molar refractivity (Wildman–Crippen MR) is 78.6 cm³/mol. The minimum atomic E-state index is 0.131. The van der Waals surface area contributed by atoms with Crippen molar-refractivity contribution in [1.29, 1.82) is 0 Å². The highest BCUT2D eigenvalue weighted by Crippen LogP contribution is 2.39. The molecule has 1 saturated heterocycles. The maximum atomic E-state index is 12.5. The minimum Gasteiger partial charge on any atom is -0.339 e. The summed E-state index contributed by atoms with van der Waals surface area (Å²) in [5.74, 6) is 2.38. The second kappa shape index (κ2) is 4.94. The molecule has 1 unspecified atom stereocenters. The van der Waals surface area contributed by atoms with Gasteiger partial charge < -0.3 is 9.42 Å². The fraction of sp³-hybridized carbons (Fsp3) is 0.533. The monoisotopic (exact) mass is 303 g/mol. The van der Waals surface area contributed by atoms with Gasteiger partial charge in [-0.3, -0.25) is 4.79 Å². The van der Waals surface area contributed by atoms with E-state index in [4.69, 9.17) is 4.52 Å². The molecule has 2 aromatic rings. The molecule has 1 amide bonds. The highest BCUT2D eigenvalue weighted by atomic mass is 32.1. The van der Waals surface area contributed by atoms with Gasteiger partial charge in [0.1, 0.15) is 0 Å². The second-order valence-electron chi connectivity index (χ2n) is 5.93. The summed E-state index contributed by atoms with van der Waals surface area (Å²) in [4.78, 5) is 19.8. The van der Waals surface area contributed by atoms with Crippen LogP contribution >= 0.6 is 11.3 Å². The molecule has 0 radical (unpaired) electrons. The van der Waals surface area contributed by atoms with E-state index < -0.39 is 0 Å². The van der Waals surface area contributed by atoms with E-state index in [0.29, 0.717) is 18.4 Å². The van der Waals surface area contributed by atoms with E-state index in [2.05, 4.69) is 10.1 Å². The highest BCUT2D eigenvalue weighted by molar-refractivity contribution is 7.12. The molecular formula is C15H17N3O2S. The summed E-state index contributed by atoms with van der Waals surface area (Å²) in [6, 6.07) is 1.99. The summed E-state index contributed by atoms with van der Waals surface area (Å²) in [5.41, 5.74) is 1.06. The number of thiophene rings is 1. The van der Waals surface area contributed by atoms with Crippen LogP contribution in [0.1, 0.15) is 58.0 Å². The van der Waals surface area contributed by atoms with E-state index in [-0.39, 0.29) is 11.8 Å². The molecule has 1 aliphatic heterocycles. The van der Waals surface area contributed by atoms with Crippen molar-refractivity contribution < 1.29 is 9.32 Å². The van der Waals surface area contributed by atoms with Crippen LogP contribution in [-0.4, -0.2) is 34.0 Å². The number of amides is 1.